The smallest absolute Gasteiger partial charge is 0.232 e. The number of nitriles is 2. The molecule has 0 unspecified atom stereocenters. The fourth-order valence-corrected chi connectivity index (χ4v) is 5.84. The van der Waals surface area contributed by atoms with E-state index < -0.39 is 0 Å². The predicted octanol–water partition coefficient (Wildman–Crippen LogP) is 8.17. The summed E-state index contributed by atoms with van der Waals surface area (Å²) in [5, 5.41) is 21.6. The van der Waals surface area contributed by atoms with Gasteiger partial charge in [-0.15, -0.1) is 0 Å². The third kappa shape index (κ3) is 4.93. The number of aromatic nitrogens is 6. The van der Waals surface area contributed by atoms with Crippen LogP contribution in [0.25, 0.3) is 72.8 Å². The third-order valence-electron chi connectivity index (χ3n) is 8.07. The number of nitrogens with zero attached hydrogens (tertiary/aromatic N) is 8. The molecule has 0 fully saturated rings. The molecule has 8 aromatic rings. The van der Waals surface area contributed by atoms with E-state index in [-0.39, 0.29) is 5.82 Å². The van der Waals surface area contributed by atoms with E-state index in [1.54, 1.807) is 12.4 Å². The molecule has 0 saturated heterocycles. The molecule has 0 aliphatic carbocycles. The molecule has 0 radical (unpaired) electrons. The van der Waals surface area contributed by atoms with E-state index in [4.69, 9.17) is 20.2 Å². The molecule has 8 nitrogen and oxygen atoms in total. The van der Waals surface area contributed by atoms with Gasteiger partial charge >= 0.3 is 0 Å². The van der Waals surface area contributed by atoms with Gasteiger partial charge in [0.1, 0.15) is 12.1 Å². The van der Waals surface area contributed by atoms with Gasteiger partial charge in [0.05, 0.1) is 22.3 Å². The molecular weight excluding hydrogens is 580 g/mol. The largest absolute Gasteiger partial charge is 0.308 e. The maximum Gasteiger partial charge on any atom is 0.232 e. The van der Waals surface area contributed by atoms with E-state index in [2.05, 4.69) is 44.9 Å². The molecule has 0 spiro atoms. The highest BCUT2D eigenvalue weighted by atomic mass is 15.0. The Bertz CT molecular complexity index is 2470. The number of hydrogen-bond donors (Lipinski definition) is 0. The molecule has 0 bridgehead atoms. The van der Waals surface area contributed by atoms with Crippen LogP contribution in [0.5, 0.6) is 0 Å². The van der Waals surface area contributed by atoms with Crippen molar-refractivity contribution in [3.8, 4) is 63.1 Å². The summed E-state index contributed by atoms with van der Waals surface area (Å²) in [6.07, 6.45) is 3.19. The van der Waals surface area contributed by atoms with Crippen LogP contribution in [0.4, 0.5) is 0 Å². The summed E-state index contributed by atoms with van der Waals surface area (Å²) in [4.78, 5) is 22.9. The molecule has 0 N–H and O–H groups in total. The lowest BCUT2D eigenvalue weighted by Gasteiger charge is -2.12. The van der Waals surface area contributed by atoms with Crippen LogP contribution in [0, 0.1) is 22.7 Å². The molecule has 8 heteroatoms. The van der Waals surface area contributed by atoms with Gasteiger partial charge in [-0.1, -0.05) is 97.1 Å². The number of fused-ring (bicyclic) bond motifs is 3. The lowest BCUT2D eigenvalue weighted by atomic mass is 10.0. The van der Waals surface area contributed by atoms with Crippen LogP contribution in [0.3, 0.4) is 0 Å². The molecule has 3 heterocycles. The first-order valence-corrected chi connectivity index (χ1v) is 14.9. The average molecular weight is 603 g/mol. The molecule has 47 heavy (non-hydrogen) atoms. The summed E-state index contributed by atoms with van der Waals surface area (Å²) in [6.45, 7) is 0. The molecule has 0 saturated carbocycles. The van der Waals surface area contributed by atoms with Crippen LogP contribution in [-0.4, -0.2) is 29.5 Å². The Morgan fingerprint density at radius 1 is 0.468 bits per heavy atom. The standard InChI is InChI=1S/C39H22N8/c40-21-29-19-27(30-23-42-36(22-41)43-24-30)16-18-33(29)47-34-14-8-7-13-31(34)32-17-15-28(20-35(32)47)39-45-37(25-9-3-1-4-10-25)44-38(46-39)26-11-5-2-6-12-26/h1-20,23-24H. The van der Waals surface area contributed by atoms with E-state index in [1.807, 2.05) is 103 Å². The van der Waals surface area contributed by atoms with Crippen LogP contribution >= 0.6 is 0 Å². The summed E-state index contributed by atoms with van der Waals surface area (Å²) in [5.41, 5.74) is 7.22. The number of hydrogen-bond acceptors (Lipinski definition) is 7. The Hall–Kier alpha value is -7.03. The van der Waals surface area contributed by atoms with E-state index in [9.17, 15) is 5.26 Å². The van der Waals surface area contributed by atoms with Crippen molar-refractivity contribution >= 4 is 21.8 Å². The first-order chi connectivity index (χ1) is 23.2. The van der Waals surface area contributed by atoms with Crippen LogP contribution in [0.1, 0.15) is 11.4 Å². The van der Waals surface area contributed by atoms with Gasteiger partial charge < -0.3 is 4.57 Å². The molecule has 0 amide bonds. The zero-order chi connectivity index (χ0) is 31.7. The Kier molecular flexibility index (Phi) is 6.72. The van der Waals surface area contributed by atoms with Crippen molar-refractivity contribution < 1.29 is 0 Å². The SMILES string of the molecule is N#Cc1ncc(-c2ccc(-n3c4ccccc4c4ccc(-c5nc(-c6ccccc6)nc(-c6ccccc6)n5)cc43)c(C#N)c2)cn1. The lowest BCUT2D eigenvalue weighted by molar-refractivity contribution is 1.07. The fourth-order valence-electron chi connectivity index (χ4n) is 5.84. The van der Waals surface area contributed by atoms with Gasteiger partial charge in [-0.25, -0.2) is 24.9 Å². The average Bonchev–Trinajstić information content (AvgIpc) is 3.48. The maximum atomic E-state index is 10.4. The van der Waals surface area contributed by atoms with Gasteiger partial charge in [0, 0.05) is 45.4 Å². The second kappa shape index (κ2) is 11.5. The van der Waals surface area contributed by atoms with Crippen molar-refractivity contribution in [2.24, 2.45) is 0 Å². The summed E-state index contributed by atoms with van der Waals surface area (Å²) in [6, 6.07) is 44.2. The fraction of sp³-hybridized carbons (Fsp3) is 0. The highest BCUT2D eigenvalue weighted by Crippen LogP contribution is 2.36. The number of benzene rings is 5. The highest BCUT2D eigenvalue weighted by molar-refractivity contribution is 6.10. The molecule has 218 valence electrons. The molecule has 5 aromatic carbocycles. The third-order valence-corrected chi connectivity index (χ3v) is 8.07. The van der Waals surface area contributed by atoms with E-state index in [1.165, 1.54) is 0 Å². The first kappa shape index (κ1) is 27.5. The summed E-state index contributed by atoms with van der Waals surface area (Å²) in [5.74, 6) is 1.82. The van der Waals surface area contributed by atoms with E-state index in [0.29, 0.717) is 23.0 Å². The van der Waals surface area contributed by atoms with Crippen molar-refractivity contribution in [1.82, 2.24) is 29.5 Å². The van der Waals surface area contributed by atoms with Crippen LogP contribution in [0.15, 0.2) is 134 Å². The van der Waals surface area contributed by atoms with Crippen molar-refractivity contribution in [1.29, 1.82) is 10.5 Å². The van der Waals surface area contributed by atoms with Gasteiger partial charge in [-0.2, -0.15) is 10.5 Å². The molecule has 0 aliphatic rings. The molecule has 8 rings (SSSR count). The monoisotopic (exact) mass is 602 g/mol. The van der Waals surface area contributed by atoms with Gasteiger partial charge in [-0.3, -0.25) is 0 Å². The number of rotatable bonds is 5. The zero-order valence-corrected chi connectivity index (χ0v) is 24.8. The maximum absolute atomic E-state index is 10.4. The minimum atomic E-state index is 0.0944. The highest BCUT2D eigenvalue weighted by Gasteiger charge is 2.18. The normalized spacial score (nSPS) is 10.9. The van der Waals surface area contributed by atoms with Crippen LogP contribution in [0.2, 0.25) is 0 Å². The van der Waals surface area contributed by atoms with Crippen molar-refractivity contribution in [2.45, 2.75) is 0 Å². The van der Waals surface area contributed by atoms with Gasteiger partial charge in [0.15, 0.2) is 17.5 Å². The molecule has 0 atom stereocenters. The summed E-state index contributed by atoms with van der Waals surface area (Å²) >= 11 is 0. The van der Waals surface area contributed by atoms with Gasteiger partial charge in [-0.05, 0) is 29.8 Å². The van der Waals surface area contributed by atoms with Crippen molar-refractivity contribution in [3.63, 3.8) is 0 Å². The topological polar surface area (TPSA) is 117 Å². The van der Waals surface area contributed by atoms with Gasteiger partial charge in [0.2, 0.25) is 5.82 Å². The Balaban J connectivity index is 1.33. The lowest BCUT2D eigenvalue weighted by Crippen LogP contribution is -2.01. The minimum absolute atomic E-state index is 0.0944. The minimum Gasteiger partial charge on any atom is -0.308 e. The van der Waals surface area contributed by atoms with Crippen molar-refractivity contribution in [2.75, 3.05) is 0 Å². The second-order valence-corrected chi connectivity index (χ2v) is 10.9. The molecule has 0 aliphatic heterocycles. The first-order valence-electron chi connectivity index (χ1n) is 14.9. The molecule has 3 aromatic heterocycles. The van der Waals surface area contributed by atoms with Crippen molar-refractivity contribution in [3.05, 3.63) is 145 Å². The quantitative estimate of drug-likeness (QED) is 0.195. The summed E-state index contributed by atoms with van der Waals surface area (Å²) < 4.78 is 2.11. The summed E-state index contributed by atoms with van der Waals surface area (Å²) in [7, 11) is 0. The Morgan fingerprint density at radius 3 is 1.68 bits per heavy atom. The van der Waals surface area contributed by atoms with Gasteiger partial charge in [0.25, 0.3) is 0 Å². The zero-order valence-electron chi connectivity index (χ0n) is 24.8. The Morgan fingerprint density at radius 2 is 1.04 bits per heavy atom. The number of para-hydroxylation sites is 1. The van der Waals surface area contributed by atoms with E-state index in [0.717, 1.165) is 55.3 Å². The van der Waals surface area contributed by atoms with E-state index >= 15 is 0 Å². The van der Waals surface area contributed by atoms with Crippen LogP contribution < -0.4 is 0 Å². The second-order valence-electron chi connectivity index (χ2n) is 10.9. The van der Waals surface area contributed by atoms with Crippen LogP contribution in [-0.2, 0) is 0 Å². The Labute approximate surface area is 269 Å². The predicted molar refractivity (Wildman–Crippen MR) is 181 cm³/mol. The molecular formula is C39H22N8.